The molecule has 0 aromatic heterocycles. The molecule has 2 aliphatic heterocycles. The quantitative estimate of drug-likeness (QED) is 0.705. The zero-order valence-electron chi connectivity index (χ0n) is 7.90. The summed E-state index contributed by atoms with van der Waals surface area (Å²) >= 11 is 0. The number of nitrogens with zero attached hydrogens (tertiary/aromatic N) is 2. The second kappa shape index (κ2) is 2.42. The van der Waals surface area contributed by atoms with Gasteiger partial charge in [0.2, 0.25) is 0 Å². The molecule has 2 aromatic carbocycles. The predicted octanol–water partition coefficient (Wildman–Crippen LogP) is 2.26. The third-order valence-electron chi connectivity index (χ3n) is 2.92. The molecule has 2 aliphatic rings. The molecule has 0 radical (unpaired) electrons. The highest BCUT2D eigenvalue weighted by Crippen LogP contribution is 2.46. The molecule has 0 spiro atoms. The van der Waals surface area contributed by atoms with Gasteiger partial charge < -0.3 is 15.4 Å². The number of fused-ring (bicyclic) bond motifs is 2. The summed E-state index contributed by atoms with van der Waals surface area (Å²) < 4.78 is 0. The zero-order chi connectivity index (χ0) is 9.83. The van der Waals surface area contributed by atoms with E-state index in [0.29, 0.717) is 0 Å². The van der Waals surface area contributed by atoms with Crippen LogP contribution < -0.4 is 15.5 Å². The summed E-state index contributed by atoms with van der Waals surface area (Å²) in [7, 11) is 0. The van der Waals surface area contributed by atoms with E-state index in [2.05, 4.69) is 29.2 Å². The van der Waals surface area contributed by atoms with Crippen LogP contribution in [0.5, 0.6) is 5.75 Å². The van der Waals surface area contributed by atoms with Gasteiger partial charge in [0.1, 0.15) is 0 Å². The van der Waals surface area contributed by atoms with E-state index in [1.54, 1.807) is 5.12 Å². The molecule has 2 heterocycles. The Kier molecular flexibility index (Phi) is 1.21. The minimum absolute atomic E-state index is 0.722. The van der Waals surface area contributed by atoms with Crippen molar-refractivity contribution < 1.29 is 4.84 Å². The number of hydrogen-bond acceptors (Lipinski definition) is 3. The standard InChI is InChI=1S/C11H8N3O/c1-2-4-8-7(3-1)5-10-11-9(8)6-12-14(11)13-15-10/h1-5,13H,6H2/q-1. The highest BCUT2D eigenvalue weighted by atomic mass is 16.7. The Morgan fingerprint density at radius 2 is 2.27 bits per heavy atom. The molecule has 0 saturated carbocycles. The smallest absolute Gasteiger partial charge is 0.173 e. The molecule has 0 fully saturated rings. The molecular weight excluding hydrogens is 190 g/mol. The fraction of sp³-hybridized carbons (Fsp3) is 0.0909. The number of anilines is 1. The van der Waals surface area contributed by atoms with Gasteiger partial charge in [-0.05, 0) is 22.4 Å². The fourth-order valence-electron chi connectivity index (χ4n) is 2.23. The Morgan fingerprint density at radius 3 is 3.27 bits per heavy atom. The van der Waals surface area contributed by atoms with Crippen molar-refractivity contribution in [2.24, 2.45) is 0 Å². The number of benzene rings is 2. The predicted molar refractivity (Wildman–Crippen MR) is 57.3 cm³/mol. The third-order valence-corrected chi connectivity index (χ3v) is 2.92. The van der Waals surface area contributed by atoms with Crippen LogP contribution >= 0.6 is 0 Å². The van der Waals surface area contributed by atoms with Gasteiger partial charge in [-0.15, -0.1) is 6.54 Å². The summed E-state index contributed by atoms with van der Waals surface area (Å²) in [5.41, 5.74) is 9.39. The van der Waals surface area contributed by atoms with Crippen molar-refractivity contribution >= 4 is 16.5 Å². The van der Waals surface area contributed by atoms with Crippen molar-refractivity contribution in [3.63, 3.8) is 0 Å². The summed E-state index contributed by atoms with van der Waals surface area (Å²) in [4.78, 5) is 5.33. The average molecular weight is 198 g/mol. The molecule has 2 aromatic rings. The summed E-state index contributed by atoms with van der Waals surface area (Å²) in [6, 6.07) is 10.4. The van der Waals surface area contributed by atoms with E-state index in [1.165, 1.54) is 16.3 Å². The van der Waals surface area contributed by atoms with Gasteiger partial charge in [0.25, 0.3) is 0 Å². The van der Waals surface area contributed by atoms with Crippen molar-refractivity contribution in [3.8, 4) is 5.75 Å². The summed E-state index contributed by atoms with van der Waals surface area (Å²) in [6.07, 6.45) is 0. The van der Waals surface area contributed by atoms with Gasteiger partial charge in [-0.25, -0.2) is 0 Å². The van der Waals surface area contributed by atoms with Crippen molar-refractivity contribution in [2.75, 3.05) is 5.12 Å². The molecule has 0 atom stereocenters. The summed E-state index contributed by atoms with van der Waals surface area (Å²) in [6.45, 7) is 0.722. The Labute approximate surface area is 86.3 Å². The highest BCUT2D eigenvalue weighted by molar-refractivity contribution is 5.95. The van der Waals surface area contributed by atoms with E-state index in [0.717, 1.165) is 18.0 Å². The maximum absolute atomic E-state index is 5.33. The third kappa shape index (κ3) is 0.830. The minimum atomic E-state index is 0.722. The molecule has 0 saturated heterocycles. The molecular formula is C11H8N3O-. The van der Waals surface area contributed by atoms with Crippen molar-refractivity contribution in [3.05, 3.63) is 41.3 Å². The van der Waals surface area contributed by atoms with Gasteiger partial charge in [0.05, 0.1) is 5.69 Å². The largest absolute Gasteiger partial charge is 0.545 e. The summed E-state index contributed by atoms with van der Waals surface area (Å²) in [5.74, 6) is 0.866. The lowest BCUT2D eigenvalue weighted by molar-refractivity contribution is 0.222. The first-order chi connectivity index (χ1) is 7.43. The number of hydrogen-bond donors (Lipinski definition) is 1. The van der Waals surface area contributed by atoms with Crippen LogP contribution in [0.2, 0.25) is 0 Å². The number of rotatable bonds is 0. The van der Waals surface area contributed by atoms with Crippen LogP contribution in [0, 0.1) is 0 Å². The van der Waals surface area contributed by atoms with Crippen LogP contribution in [0.4, 0.5) is 5.69 Å². The van der Waals surface area contributed by atoms with Gasteiger partial charge in [-0.2, -0.15) is 0 Å². The SMILES string of the molecule is c1ccc2c3c4c(cc2c1)ONN4[N-]C3. The highest BCUT2D eigenvalue weighted by Gasteiger charge is 2.24. The molecule has 15 heavy (non-hydrogen) atoms. The van der Waals surface area contributed by atoms with Crippen molar-refractivity contribution in [2.45, 2.75) is 6.54 Å². The number of nitrogens with one attached hydrogen (secondary N) is 1. The lowest BCUT2D eigenvalue weighted by Crippen LogP contribution is -2.28. The topological polar surface area (TPSA) is 38.6 Å². The van der Waals surface area contributed by atoms with Gasteiger partial charge in [-0.3, -0.25) is 0 Å². The van der Waals surface area contributed by atoms with E-state index < -0.39 is 0 Å². The van der Waals surface area contributed by atoms with Crippen LogP contribution in [0.3, 0.4) is 0 Å². The minimum Gasteiger partial charge on any atom is -0.545 e. The van der Waals surface area contributed by atoms with Gasteiger partial charge >= 0.3 is 0 Å². The van der Waals surface area contributed by atoms with Crippen LogP contribution in [0.15, 0.2) is 30.3 Å². The van der Waals surface area contributed by atoms with E-state index in [-0.39, 0.29) is 0 Å². The first-order valence-corrected chi connectivity index (χ1v) is 4.88. The van der Waals surface area contributed by atoms with Crippen molar-refractivity contribution in [1.29, 1.82) is 0 Å². The maximum atomic E-state index is 5.33. The average Bonchev–Trinajstić information content (AvgIpc) is 2.86. The Hall–Kier alpha value is -1.78. The first kappa shape index (κ1) is 7.50. The molecule has 4 nitrogen and oxygen atoms in total. The van der Waals surface area contributed by atoms with Gasteiger partial charge in [-0.1, -0.05) is 29.9 Å². The molecule has 0 aliphatic carbocycles. The normalized spacial score (nSPS) is 16.9. The zero-order valence-corrected chi connectivity index (χ0v) is 7.90. The maximum Gasteiger partial charge on any atom is 0.173 e. The second-order valence-corrected chi connectivity index (χ2v) is 3.73. The monoisotopic (exact) mass is 198 g/mol. The lowest BCUT2D eigenvalue weighted by Gasteiger charge is -2.24. The van der Waals surface area contributed by atoms with Crippen molar-refractivity contribution in [1.82, 2.24) is 5.59 Å². The Bertz CT molecular complexity index is 567. The van der Waals surface area contributed by atoms with E-state index >= 15 is 0 Å². The fourth-order valence-corrected chi connectivity index (χ4v) is 2.23. The van der Waals surface area contributed by atoms with Crippen LogP contribution in [-0.2, 0) is 6.54 Å². The molecule has 4 heteroatoms. The molecule has 0 unspecified atom stereocenters. The van der Waals surface area contributed by atoms with E-state index in [1.807, 2.05) is 12.1 Å². The molecule has 4 rings (SSSR count). The van der Waals surface area contributed by atoms with Crippen LogP contribution in [-0.4, -0.2) is 0 Å². The van der Waals surface area contributed by atoms with E-state index in [9.17, 15) is 0 Å². The molecule has 1 N–H and O–H groups in total. The Morgan fingerprint density at radius 1 is 1.33 bits per heavy atom. The van der Waals surface area contributed by atoms with Gasteiger partial charge in [0, 0.05) is 0 Å². The van der Waals surface area contributed by atoms with Crippen LogP contribution in [0.25, 0.3) is 16.2 Å². The Balaban J connectivity index is 2.19. The molecule has 74 valence electrons. The van der Waals surface area contributed by atoms with Crippen LogP contribution in [0.1, 0.15) is 5.56 Å². The number of hydrazine groups is 1. The molecule has 0 amide bonds. The van der Waals surface area contributed by atoms with Gasteiger partial charge in [0.15, 0.2) is 5.75 Å². The lowest BCUT2D eigenvalue weighted by atomic mass is 10.0. The van der Waals surface area contributed by atoms with E-state index in [4.69, 9.17) is 4.84 Å². The second-order valence-electron chi connectivity index (χ2n) is 3.73. The first-order valence-electron chi connectivity index (χ1n) is 4.88. The molecule has 0 bridgehead atoms. The summed E-state index contributed by atoms with van der Waals surface area (Å²) in [5, 5.41) is 4.17.